The third-order valence-electron chi connectivity index (χ3n) is 11.1. The maximum atomic E-state index is 14.4. The van der Waals surface area contributed by atoms with Crippen molar-refractivity contribution in [1.29, 1.82) is 0 Å². The van der Waals surface area contributed by atoms with E-state index in [0.717, 1.165) is 10.5 Å². The Balaban J connectivity index is 1.40. The van der Waals surface area contributed by atoms with Gasteiger partial charge in [0, 0.05) is 36.8 Å². The number of nitrogens with zero attached hydrogens (tertiary/aromatic N) is 3. The van der Waals surface area contributed by atoms with E-state index < -0.39 is 101 Å². The molecule has 0 saturated carbocycles. The largest absolute Gasteiger partial charge is 0.510 e. The lowest BCUT2D eigenvalue weighted by atomic mass is 9.58. The monoisotopic (exact) mass is 819 g/mol. The number of amides is 3. The number of aliphatic hydroxyl groups excluding tert-OH is 2. The molecule has 59 heavy (non-hydrogen) atoms. The van der Waals surface area contributed by atoms with Crippen molar-refractivity contribution in [3.05, 3.63) is 75.3 Å². The Labute approximate surface area is 342 Å². The van der Waals surface area contributed by atoms with Crippen molar-refractivity contribution in [2.45, 2.75) is 77.0 Å². The van der Waals surface area contributed by atoms with Gasteiger partial charge in [-0.2, -0.15) is 0 Å². The molecule has 0 saturated heterocycles. The smallest absolute Gasteiger partial charge is 0.413 e. The number of benzene rings is 2. The SMILES string of the molecule is CN(C)c1cc(NC(=O)CN(C(=O)OCOC(=O)c2ccc(C(C)(C)C)cc2)C(C)(C)C)c(O)c2c1C[C@H]1C[C@H]3[C@H](N(C)C)C(O)=C(C(N)=O)C(=O)[C@@]3(O)C(O)=C1C2=O. The average molecular weight is 820 g/mol. The van der Waals surface area contributed by atoms with E-state index in [2.05, 4.69) is 5.32 Å². The zero-order valence-corrected chi connectivity index (χ0v) is 34.9. The number of ketones is 2. The number of nitrogens with one attached hydrogen (secondary N) is 1. The van der Waals surface area contributed by atoms with E-state index in [4.69, 9.17) is 15.2 Å². The molecule has 0 fully saturated rings. The van der Waals surface area contributed by atoms with Crippen molar-refractivity contribution in [2.24, 2.45) is 17.6 Å². The first-order chi connectivity index (χ1) is 27.2. The van der Waals surface area contributed by atoms with Gasteiger partial charge in [-0.15, -0.1) is 0 Å². The lowest BCUT2D eigenvalue weighted by molar-refractivity contribution is -0.148. The average Bonchev–Trinajstić information content (AvgIpc) is 3.11. The normalized spacial score (nSPS) is 21.7. The van der Waals surface area contributed by atoms with E-state index in [0.29, 0.717) is 11.3 Å². The van der Waals surface area contributed by atoms with Gasteiger partial charge in [-0.25, -0.2) is 9.59 Å². The third-order valence-corrected chi connectivity index (χ3v) is 11.1. The number of primary amides is 1. The van der Waals surface area contributed by atoms with Crippen LogP contribution in [0.3, 0.4) is 0 Å². The number of nitrogens with two attached hydrogens (primary N) is 1. The fourth-order valence-electron chi connectivity index (χ4n) is 8.10. The Morgan fingerprint density at radius 3 is 2.08 bits per heavy atom. The number of anilines is 2. The van der Waals surface area contributed by atoms with Crippen molar-refractivity contribution in [3.63, 3.8) is 0 Å². The molecule has 0 aromatic heterocycles. The molecule has 318 valence electrons. The Bertz CT molecular complexity index is 2180. The summed E-state index contributed by atoms with van der Waals surface area (Å²) in [5, 5.41) is 48.8. The summed E-state index contributed by atoms with van der Waals surface area (Å²) in [6, 6.07) is 7.13. The fraction of sp³-hybridized carbons (Fsp3) is 0.476. The number of allylic oxidation sites excluding steroid dienone is 1. The molecule has 0 unspecified atom stereocenters. The summed E-state index contributed by atoms with van der Waals surface area (Å²) < 4.78 is 10.4. The van der Waals surface area contributed by atoms with E-state index in [-0.39, 0.29) is 40.6 Å². The second-order valence-corrected chi connectivity index (χ2v) is 17.6. The first-order valence-electron chi connectivity index (χ1n) is 19.0. The number of aromatic hydroxyl groups is 1. The Morgan fingerprint density at radius 1 is 0.949 bits per heavy atom. The highest BCUT2D eigenvalue weighted by Crippen LogP contribution is 2.54. The number of likely N-dealkylation sites (N-methyl/N-ethyl adjacent to an activating group) is 1. The summed E-state index contributed by atoms with van der Waals surface area (Å²) in [7, 11) is 6.43. The van der Waals surface area contributed by atoms with Gasteiger partial charge >= 0.3 is 12.1 Å². The summed E-state index contributed by atoms with van der Waals surface area (Å²) in [6.45, 7) is 9.69. The van der Waals surface area contributed by atoms with Crippen molar-refractivity contribution in [2.75, 3.05) is 51.7 Å². The number of hydrogen-bond donors (Lipinski definition) is 6. The van der Waals surface area contributed by atoms with Crippen molar-refractivity contribution in [1.82, 2.24) is 9.80 Å². The minimum atomic E-state index is -2.82. The maximum Gasteiger partial charge on any atom is 0.413 e. The lowest BCUT2D eigenvalue weighted by Crippen LogP contribution is -2.63. The van der Waals surface area contributed by atoms with Crippen LogP contribution in [0.1, 0.15) is 79.8 Å². The Hall–Kier alpha value is -5.94. The van der Waals surface area contributed by atoms with Crippen LogP contribution in [0.5, 0.6) is 5.75 Å². The molecule has 0 radical (unpaired) electrons. The second-order valence-electron chi connectivity index (χ2n) is 17.6. The maximum absolute atomic E-state index is 14.4. The second kappa shape index (κ2) is 15.7. The van der Waals surface area contributed by atoms with Gasteiger partial charge in [0.2, 0.25) is 18.5 Å². The number of rotatable bonds is 9. The lowest BCUT2D eigenvalue weighted by Gasteiger charge is -2.50. The summed E-state index contributed by atoms with van der Waals surface area (Å²) in [4.78, 5) is 84.1. The van der Waals surface area contributed by atoms with Crippen LogP contribution in [-0.2, 0) is 35.7 Å². The van der Waals surface area contributed by atoms with Crippen molar-refractivity contribution < 1.29 is 58.7 Å². The number of Topliss-reactive ketones (excluding diaryl/α,β-unsaturated/α-hetero) is 2. The van der Waals surface area contributed by atoms with Crippen LogP contribution >= 0.6 is 0 Å². The Kier molecular flexibility index (Phi) is 11.7. The number of esters is 1. The van der Waals surface area contributed by atoms with Crippen LogP contribution in [0, 0.1) is 11.8 Å². The molecule has 17 heteroatoms. The first kappa shape index (κ1) is 44.2. The number of hydrogen-bond acceptors (Lipinski definition) is 14. The highest BCUT2D eigenvalue weighted by molar-refractivity contribution is 6.25. The van der Waals surface area contributed by atoms with Crippen LogP contribution in [0.15, 0.2) is 53.0 Å². The van der Waals surface area contributed by atoms with Gasteiger partial charge in [-0.3, -0.25) is 29.0 Å². The molecule has 3 aliphatic carbocycles. The molecule has 5 rings (SSSR count). The standard InChI is InChI=1S/C42H53N5O12/c1-40(2,3)22-13-11-20(12-14-22)38(55)58-19-59-39(56)47(41(4,5)6)18-27(48)44-25-17-26(45(7)8)23-15-21-16-24-31(46(9)10)34(51)30(37(43)54)36(53)42(24,57)35(52)28(21)33(50)29(23)32(25)49/h11-14,17,21,24,31,49,51-52,57H,15-16,18-19H2,1-10H3,(H2,43,54)(H,44,48)/t21-,24-,31-,42-/m0/s1. The number of aliphatic hydroxyl groups is 3. The van der Waals surface area contributed by atoms with Crippen LogP contribution in [0.25, 0.3) is 0 Å². The summed E-state index contributed by atoms with van der Waals surface area (Å²) in [6.07, 6.45) is -1.05. The molecular formula is C42H53N5O12. The predicted octanol–water partition coefficient (Wildman–Crippen LogP) is 3.47. The molecule has 3 aliphatic rings. The minimum absolute atomic E-state index is 0.0281. The number of phenolic OH excluding ortho intramolecular Hbond substituents is 1. The van der Waals surface area contributed by atoms with Crippen LogP contribution in [-0.4, -0.2) is 124 Å². The number of fused-ring (bicyclic) bond motifs is 3. The van der Waals surface area contributed by atoms with Crippen molar-refractivity contribution in [3.8, 4) is 5.75 Å². The number of carbonyl (C=O) groups is 6. The first-order valence-corrected chi connectivity index (χ1v) is 19.0. The summed E-state index contributed by atoms with van der Waals surface area (Å²) in [5.41, 5.74) is 1.69. The van der Waals surface area contributed by atoms with Crippen LogP contribution < -0.4 is 16.0 Å². The van der Waals surface area contributed by atoms with Gasteiger partial charge in [0.25, 0.3) is 5.91 Å². The van der Waals surface area contributed by atoms with E-state index in [1.807, 2.05) is 20.8 Å². The van der Waals surface area contributed by atoms with Crippen molar-refractivity contribution >= 4 is 46.8 Å². The van der Waals surface area contributed by atoms with Crippen LogP contribution in [0.2, 0.25) is 0 Å². The molecular weight excluding hydrogens is 766 g/mol. The van der Waals surface area contributed by atoms with E-state index in [1.165, 1.54) is 11.0 Å². The highest BCUT2D eigenvalue weighted by Gasteiger charge is 2.63. The van der Waals surface area contributed by atoms with Gasteiger partial charge in [0.1, 0.15) is 23.6 Å². The summed E-state index contributed by atoms with van der Waals surface area (Å²) in [5.74, 6) is -9.55. The van der Waals surface area contributed by atoms with Gasteiger partial charge in [-0.05, 0) is 88.4 Å². The molecule has 2 aromatic carbocycles. The molecule has 0 aliphatic heterocycles. The number of phenols is 1. The van der Waals surface area contributed by atoms with Crippen LogP contribution in [0.4, 0.5) is 16.2 Å². The topological polar surface area (TPSA) is 250 Å². The molecule has 0 heterocycles. The van der Waals surface area contributed by atoms with E-state index in [9.17, 15) is 49.2 Å². The van der Waals surface area contributed by atoms with Gasteiger partial charge in [0.05, 0.1) is 22.9 Å². The number of ether oxygens (including phenoxy) is 2. The van der Waals surface area contributed by atoms with E-state index in [1.54, 1.807) is 78.1 Å². The molecule has 17 nitrogen and oxygen atoms in total. The fourth-order valence-corrected chi connectivity index (χ4v) is 8.10. The third kappa shape index (κ3) is 7.96. The Morgan fingerprint density at radius 2 is 1.56 bits per heavy atom. The quantitative estimate of drug-likeness (QED) is 0.0918. The zero-order valence-electron chi connectivity index (χ0n) is 34.9. The molecule has 0 bridgehead atoms. The minimum Gasteiger partial charge on any atom is -0.510 e. The molecule has 3 amide bonds. The molecule has 7 N–H and O–H groups in total. The number of carbonyl (C=O) groups excluding carboxylic acids is 6. The van der Waals surface area contributed by atoms with E-state index >= 15 is 0 Å². The molecule has 4 atom stereocenters. The van der Waals surface area contributed by atoms with Gasteiger partial charge in [-0.1, -0.05) is 32.9 Å². The molecule has 0 spiro atoms. The highest BCUT2D eigenvalue weighted by atomic mass is 16.7. The van der Waals surface area contributed by atoms with Gasteiger partial charge < -0.3 is 45.9 Å². The van der Waals surface area contributed by atoms with Gasteiger partial charge in [0.15, 0.2) is 17.1 Å². The zero-order chi connectivity index (χ0) is 44.3. The molecule has 2 aromatic rings. The summed E-state index contributed by atoms with van der Waals surface area (Å²) >= 11 is 0. The predicted molar refractivity (Wildman–Crippen MR) is 215 cm³/mol.